The minimum Gasteiger partial charge on any atom is -0.444 e. The summed E-state index contributed by atoms with van der Waals surface area (Å²) in [5.74, 6) is 0.127. The number of amides is 2. The Morgan fingerprint density at radius 2 is 2.28 bits per heavy atom. The van der Waals surface area contributed by atoms with Crippen molar-refractivity contribution in [3.63, 3.8) is 0 Å². The van der Waals surface area contributed by atoms with Gasteiger partial charge < -0.3 is 10.1 Å². The summed E-state index contributed by atoms with van der Waals surface area (Å²) >= 11 is 0. The Morgan fingerprint density at radius 1 is 1.56 bits per heavy atom. The van der Waals surface area contributed by atoms with E-state index in [1.165, 1.54) is 6.07 Å². The van der Waals surface area contributed by atoms with Crippen LogP contribution in [0.25, 0.3) is 0 Å². The number of nitrogens with zero attached hydrogens (tertiary/aromatic N) is 2. The lowest BCUT2D eigenvalue weighted by atomic mass is 10.2. The molecule has 0 saturated heterocycles. The van der Waals surface area contributed by atoms with E-state index in [9.17, 15) is 9.59 Å². The number of rotatable bonds is 1. The van der Waals surface area contributed by atoms with Gasteiger partial charge in [-0.25, -0.2) is 4.79 Å². The fourth-order valence-corrected chi connectivity index (χ4v) is 1.61. The van der Waals surface area contributed by atoms with Gasteiger partial charge in [0, 0.05) is 12.6 Å². The number of fused-ring (bicyclic) bond motifs is 1. The Labute approximate surface area is 104 Å². The second kappa shape index (κ2) is 4.32. The van der Waals surface area contributed by atoms with E-state index in [4.69, 9.17) is 4.74 Å². The van der Waals surface area contributed by atoms with Gasteiger partial charge in [0.25, 0.3) is 5.91 Å². The number of carbonyl (C=O) groups excluding carboxylic acids is 2. The summed E-state index contributed by atoms with van der Waals surface area (Å²) < 4.78 is 6.66. The van der Waals surface area contributed by atoms with Crippen molar-refractivity contribution in [1.29, 1.82) is 0 Å². The number of hydrogen-bond acceptors (Lipinski definition) is 4. The molecule has 0 saturated carbocycles. The molecule has 0 spiro atoms. The first-order chi connectivity index (χ1) is 8.35. The van der Waals surface area contributed by atoms with Crippen molar-refractivity contribution >= 4 is 17.8 Å². The molecule has 2 N–H and O–H groups in total. The fourth-order valence-electron chi connectivity index (χ4n) is 1.61. The van der Waals surface area contributed by atoms with Crippen molar-refractivity contribution < 1.29 is 14.3 Å². The summed E-state index contributed by atoms with van der Waals surface area (Å²) in [7, 11) is 0. The zero-order chi connectivity index (χ0) is 13.3. The molecule has 0 bridgehead atoms. The summed E-state index contributed by atoms with van der Waals surface area (Å²) in [5, 5.41) is 9.32. The third-order valence-electron chi connectivity index (χ3n) is 2.25. The Balaban J connectivity index is 2.07. The van der Waals surface area contributed by atoms with Gasteiger partial charge in [-0.15, -0.1) is 0 Å². The lowest BCUT2D eigenvalue weighted by molar-refractivity contribution is 0.0635. The monoisotopic (exact) mass is 252 g/mol. The average molecular weight is 252 g/mol. The van der Waals surface area contributed by atoms with Gasteiger partial charge >= 0.3 is 6.09 Å². The molecule has 0 radical (unpaired) electrons. The molecule has 1 aromatic heterocycles. The molecule has 2 amide bonds. The lowest BCUT2D eigenvalue weighted by Crippen LogP contribution is -2.35. The summed E-state index contributed by atoms with van der Waals surface area (Å²) in [6.45, 7) is 6.46. The van der Waals surface area contributed by atoms with E-state index in [1.54, 1.807) is 25.5 Å². The van der Waals surface area contributed by atoms with Crippen molar-refractivity contribution in [2.24, 2.45) is 0 Å². The number of aromatic nitrogens is 2. The predicted octanol–water partition coefficient (Wildman–Crippen LogP) is 0.973. The molecule has 0 fully saturated rings. The highest BCUT2D eigenvalue weighted by atomic mass is 16.6. The SMILES string of the molecule is CC(C)(C)OC(=O)Nc1cc2n(n1)CCNC2=O. The molecule has 0 aliphatic carbocycles. The van der Waals surface area contributed by atoms with Crippen molar-refractivity contribution in [3.8, 4) is 0 Å². The van der Waals surface area contributed by atoms with Crippen LogP contribution in [0.3, 0.4) is 0 Å². The van der Waals surface area contributed by atoms with Crippen LogP contribution >= 0.6 is 0 Å². The quantitative estimate of drug-likeness (QED) is 0.780. The number of ether oxygens (including phenoxy) is 1. The standard InChI is InChI=1S/C11H16N4O3/c1-11(2,3)18-10(17)13-8-6-7-9(16)12-4-5-15(7)14-8/h6H,4-5H2,1-3H3,(H,12,16)(H,13,14,17). The van der Waals surface area contributed by atoms with Crippen LogP contribution in [0.15, 0.2) is 6.07 Å². The van der Waals surface area contributed by atoms with Gasteiger partial charge in [-0.2, -0.15) is 5.10 Å². The highest BCUT2D eigenvalue weighted by Crippen LogP contribution is 2.14. The Morgan fingerprint density at radius 3 is 2.89 bits per heavy atom. The Bertz CT molecular complexity index is 487. The first-order valence-corrected chi connectivity index (χ1v) is 5.71. The zero-order valence-electron chi connectivity index (χ0n) is 10.6. The van der Waals surface area contributed by atoms with E-state index in [-0.39, 0.29) is 5.91 Å². The topological polar surface area (TPSA) is 85.2 Å². The average Bonchev–Trinajstić information content (AvgIpc) is 2.58. The molecule has 98 valence electrons. The molecule has 2 rings (SSSR count). The molecule has 1 aliphatic heterocycles. The number of hydrogen-bond donors (Lipinski definition) is 2. The molecule has 0 aromatic carbocycles. The molecule has 0 atom stereocenters. The van der Waals surface area contributed by atoms with Crippen LogP contribution in [0, 0.1) is 0 Å². The number of carbonyl (C=O) groups is 2. The fraction of sp³-hybridized carbons (Fsp3) is 0.545. The normalized spacial score (nSPS) is 14.7. The van der Waals surface area contributed by atoms with Crippen LogP contribution in [0.2, 0.25) is 0 Å². The smallest absolute Gasteiger partial charge is 0.413 e. The van der Waals surface area contributed by atoms with Gasteiger partial charge in [-0.05, 0) is 20.8 Å². The maximum atomic E-state index is 11.5. The van der Waals surface area contributed by atoms with E-state index in [0.29, 0.717) is 24.6 Å². The molecular formula is C11H16N4O3. The third kappa shape index (κ3) is 2.79. The molecule has 7 heteroatoms. The van der Waals surface area contributed by atoms with E-state index in [1.807, 2.05) is 0 Å². The van der Waals surface area contributed by atoms with Crippen molar-refractivity contribution in [2.45, 2.75) is 32.9 Å². The van der Waals surface area contributed by atoms with Crippen LogP contribution in [-0.2, 0) is 11.3 Å². The summed E-state index contributed by atoms with van der Waals surface area (Å²) in [6.07, 6.45) is -0.585. The van der Waals surface area contributed by atoms with E-state index < -0.39 is 11.7 Å². The lowest BCUT2D eigenvalue weighted by Gasteiger charge is -2.19. The van der Waals surface area contributed by atoms with E-state index >= 15 is 0 Å². The van der Waals surface area contributed by atoms with Crippen LogP contribution in [0.1, 0.15) is 31.3 Å². The molecule has 7 nitrogen and oxygen atoms in total. The molecule has 1 aromatic rings. The van der Waals surface area contributed by atoms with Gasteiger partial charge in [0.15, 0.2) is 5.82 Å². The first kappa shape index (κ1) is 12.4. The van der Waals surface area contributed by atoms with Crippen molar-refractivity contribution in [1.82, 2.24) is 15.1 Å². The van der Waals surface area contributed by atoms with Gasteiger partial charge in [0.05, 0.1) is 6.54 Å². The largest absolute Gasteiger partial charge is 0.444 e. The van der Waals surface area contributed by atoms with E-state index in [2.05, 4.69) is 15.7 Å². The van der Waals surface area contributed by atoms with Crippen LogP contribution in [0.4, 0.5) is 10.6 Å². The maximum absolute atomic E-state index is 11.5. The van der Waals surface area contributed by atoms with Crippen LogP contribution in [-0.4, -0.2) is 33.9 Å². The maximum Gasteiger partial charge on any atom is 0.413 e. The molecule has 1 aliphatic rings. The summed E-state index contributed by atoms with van der Waals surface area (Å²) in [6, 6.07) is 1.53. The Kier molecular flexibility index (Phi) is 2.98. The molecule has 2 heterocycles. The molecular weight excluding hydrogens is 236 g/mol. The second-order valence-corrected chi connectivity index (χ2v) is 5.02. The number of nitrogens with one attached hydrogen (secondary N) is 2. The van der Waals surface area contributed by atoms with Gasteiger partial charge in [-0.1, -0.05) is 0 Å². The van der Waals surface area contributed by atoms with E-state index in [0.717, 1.165) is 0 Å². The Hall–Kier alpha value is -2.05. The number of anilines is 1. The van der Waals surface area contributed by atoms with Crippen LogP contribution < -0.4 is 10.6 Å². The second-order valence-electron chi connectivity index (χ2n) is 5.02. The van der Waals surface area contributed by atoms with Crippen molar-refractivity contribution in [3.05, 3.63) is 11.8 Å². The predicted molar refractivity (Wildman–Crippen MR) is 64.4 cm³/mol. The summed E-state index contributed by atoms with van der Waals surface area (Å²) in [4.78, 5) is 23.0. The molecule has 18 heavy (non-hydrogen) atoms. The minimum atomic E-state index is -0.585. The first-order valence-electron chi connectivity index (χ1n) is 5.71. The highest BCUT2D eigenvalue weighted by Gasteiger charge is 2.21. The summed E-state index contributed by atoms with van der Waals surface area (Å²) in [5.41, 5.74) is -0.131. The van der Waals surface area contributed by atoms with Crippen LogP contribution in [0.5, 0.6) is 0 Å². The van der Waals surface area contributed by atoms with Gasteiger partial charge in [0.1, 0.15) is 11.3 Å². The zero-order valence-corrected chi connectivity index (χ0v) is 10.6. The van der Waals surface area contributed by atoms with Gasteiger partial charge in [0.2, 0.25) is 0 Å². The van der Waals surface area contributed by atoms with Crippen molar-refractivity contribution in [2.75, 3.05) is 11.9 Å². The highest BCUT2D eigenvalue weighted by molar-refractivity contribution is 5.95. The minimum absolute atomic E-state index is 0.189. The third-order valence-corrected chi connectivity index (χ3v) is 2.25. The molecule has 0 unspecified atom stereocenters. The van der Waals surface area contributed by atoms with Gasteiger partial charge in [-0.3, -0.25) is 14.8 Å².